The van der Waals surface area contributed by atoms with Crippen molar-refractivity contribution in [2.24, 2.45) is 10.8 Å². The maximum absolute atomic E-state index is 12.3. The van der Waals surface area contributed by atoms with Crippen LogP contribution in [0.4, 0.5) is 0 Å². The second-order valence-electron chi connectivity index (χ2n) is 5.47. The molecule has 0 aliphatic heterocycles. The molecule has 2 rings (SSSR count). The monoisotopic (exact) mass is 387 g/mol. The lowest BCUT2D eigenvalue weighted by molar-refractivity contribution is -0.119. The first-order chi connectivity index (χ1) is 13.5. The number of methoxy groups -OCH3 is 3. The van der Waals surface area contributed by atoms with Gasteiger partial charge in [-0.05, 0) is 35.9 Å². The molecule has 0 heterocycles. The van der Waals surface area contributed by atoms with Gasteiger partial charge in [-0.2, -0.15) is 5.10 Å². The summed E-state index contributed by atoms with van der Waals surface area (Å²) in [6.45, 7) is -0.260. The van der Waals surface area contributed by atoms with Crippen LogP contribution in [0.25, 0.3) is 0 Å². The van der Waals surface area contributed by atoms with Gasteiger partial charge in [0.15, 0.2) is 18.1 Å². The second kappa shape index (κ2) is 9.81. The summed E-state index contributed by atoms with van der Waals surface area (Å²) in [5.41, 5.74) is 8.47. The average molecular weight is 387 g/mol. The van der Waals surface area contributed by atoms with Crippen molar-refractivity contribution < 1.29 is 28.5 Å². The summed E-state index contributed by atoms with van der Waals surface area (Å²) < 4.78 is 20.7. The molecule has 9 nitrogen and oxygen atoms in total. The van der Waals surface area contributed by atoms with E-state index in [0.29, 0.717) is 34.1 Å². The smallest absolute Gasteiger partial charge is 0.271 e. The number of ether oxygens (including phenoxy) is 4. The van der Waals surface area contributed by atoms with Gasteiger partial charge in [0.25, 0.3) is 11.8 Å². The Morgan fingerprint density at radius 1 is 1.00 bits per heavy atom. The Labute approximate surface area is 162 Å². The van der Waals surface area contributed by atoms with Gasteiger partial charge in [-0.3, -0.25) is 9.59 Å². The molecule has 0 aliphatic rings. The van der Waals surface area contributed by atoms with Crippen molar-refractivity contribution in [2.75, 3.05) is 27.9 Å². The fourth-order valence-electron chi connectivity index (χ4n) is 2.20. The maximum atomic E-state index is 12.3. The van der Waals surface area contributed by atoms with Crippen LogP contribution in [0.15, 0.2) is 41.5 Å². The Hall–Kier alpha value is -3.75. The first-order valence-corrected chi connectivity index (χ1v) is 8.12. The van der Waals surface area contributed by atoms with Gasteiger partial charge < -0.3 is 24.7 Å². The van der Waals surface area contributed by atoms with E-state index in [9.17, 15) is 9.59 Å². The number of rotatable bonds is 9. The zero-order chi connectivity index (χ0) is 20.5. The molecule has 2 aromatic carbocycles. The van der Waals surface area contributed by atoms with E-state index in [1.807, 2.05) is 0 Å². The van der Waals surface area contributed by atoms with Gasteiger partial charge in [-0.15, -0.1) is 0 Å². The molecular weight excluding hydrogens is 366 g/mol. The molecule has 0 radical (unpaired) electrons. The van der Waals surface area contributed by atoms with Gasteiger partial charge in [-0.25, -0.2) is 5.43 Å². The summed E-state index contributed by atoms with van der Waals surface area (Å²) in [5, 5.41) is 3.93. The minimum Gasteiger partial charge on any atom is -0.497 e. The second-order valence-corrected chi connectivity index (χ2v) is 5.47. The predicted octanol–water partition coefficient (Wildman–Crippen LogP) is 1.34. The van der Waals surface area contributed by atoms with Crippen molar-refractivity contribution in [2.45, 2.75) is 0 Å². The minimum absolute atomic E-state index is 0.260. The Balaban J connectivity index is 2.07. The Kier molecular flexibility index (Phi) is 7.21. The Bertz CT molecular complexity index is 860. The zero-order valence-electron chi connectivity index (χ0n) is 15.7. The standard InChI is InChI=1S/C19H21N3O6/c1-25-14-7-13(8-15(9-14)26-2)19(24)22-21-10-12-4-5-16(17(6-12)27-3)28-11-18(20)23/h4-10H,11H2,1-3H3,(H2,20,23)(H,22,24)/b21-10+. The van der Waals surface area contributed by atoms with Crippen LogP contribution in [0, 0.1) is 0 Å². The normalized spacial score (nSPS) is 10.4. The van der Waals surface area contributed by atoms with Crippen molar-refractivity contribution in [3.8, 4) is 23.0 Å². The van der Waals surface area contributed by atoms with Gasteiger partial charge in [0.05, 0.1) is 27.5 Å². The summed E-state index contributed by atoms with van der Waals surface area (Å²) in [5.74, 6) is 0.723. The zero-order valence-corrected chi connectivity index (χ0v) is 15.7. The largest absolute Gasteiger partial charge is 0.497 e. The number of hydrogen-bond acceptors (Lipinski definition) is 7. The molecular formula is C19H21N3O6. The Morgan fingerprint density at radius 2 is 1.68 bits per heavy atom. The molecule has 0 atom stereocenters. The predicted molar refractivity (Wildman–Crippen MR) is 102 cm³/mol. The summed E-state index contributed by atoms with van der Waals surface area (Å²) in [6.07, 6.45) is 1.44. The Morgan fingerprint density at radius 3 is 2.25 bits per heavy atom. The molecule has 148 valence electrons. The van der Waals surface area contributed by atoms with Gasteiger partial charge in [-0.1, -0.05) is 0 Å². The first-order valence-electron chi connectivity index (χ1n) is 8.12. The highest BCUT2D eigenvalue weighted by Crippen LogP contribution is 2.27. The molecule has 0 aromatic heterocycles. The number of benzene rings is 2. The van der Waals surface area contributed by atoms with E-state index in [2.05, 4.69) is 10.5 Å². The van der Waals surface area contributed by atoms with E-state index in [4.69, 9.17) is 24.7 Å². The number of amides is 2. The van der Waals surface area contributed by atoms with Crippen LogP contribution in [0.3, 0.4) is 0 Å². The van der Waals surface area contributed by atoms with Gasteiger partial charge in [0, 0.05) is 11.6 Å². The fourth-order valence-corrected chi connectivity index (χ4v) is 2.20. The number of hydrogen-bond donors (Lipinski definition) is 2. The van der Waals surface area contributed by atoms with Crippen LogP contribution in [0.2, 0.25) is 0 Å². The van der Waals surface area contributed by atoms with Gasteiger partial charge >= 0.3 is 0 Å². The third kappa shape index (κ3) is 5.63. The third-order valence-electron chi connectivity index (χ3n) is 3.55. The van der Waals surface area contributed by atoms with Crippen LogP contribution in [-0.2, 0) is 4.79 Å². The molecule has 0 unspecified atom stereocenters. The van der Waals surface area contributed by atoms with Crippen LogP contribution in [0.1, 0.15) is 15.9 Å². The minimum atomic E-state index is -0.593. The summed E-state index contributed by atoms with van der Waals surface area (Å²) in [6, 6.07) is 9.73. The summed E-state index contributed by atoms with van der Waals surface area (Å²) in [7, 11) is 4.46. The van der Waals surface area contributed by atoms with Crippen LogP contribution >= 0.6 is 0 Å². The van der Waals surface area contributed by atoms with Crippen molar-refractivity contribution in [1.29, 1.82) is 0 Å². The molecule has 28 heavy (non-hydrogen) atoms. The van der Waals surface area contributed by atoms with Crippen molar-refractivity contribution in [1.82, 2.24) is 5.43 Å². The summed E-state index contributed by atoms with van der Waals surface area (Å²) in [4.78, 5) is 23.1. The number of hydrazone groups is 1. The quantitative estimate of drug-likeness (QED) is 0.495. The molecule has 2 amide bonds. The molecule has 0 saturated carbocycles. The number of nitrogens with zero attached hydrogens (tertiary/aromatic N) is 1. The maximum Gasteiger partial charge on any atom is 0.271 e. The van der Waals surface area contributed by atoms with E-state index < -0.39 is 11.8 Å². The van der Waals surface area contributed by atoms with E-state index in [1.54, 1.807) is 36.4 Å². The number of nitrogens with one attached hydrogen (secondary N) is 1. The highest BCUT2D eigenvalue weighted by molar-refractivity contribution is 5.95. The highest BCUT2D eigenvalue weighted by Gasteiger charge is 2.10. The van der Waals surface area contributed by atoms with Crippen LogP contribution in [-0.4, -0.2) is 46.0 Å². The van der Waals surface area contributed by atoms with E-state index >= 15 is 0 Å². The molecule has 9 heteroatoms. The van der Waals surface area contributed by atoms with E-state index in [0.717, 1.165) is 0 Å². The number of nitrogens with two attached hydrogens (primary N) is 1. The van der Waals surface area contributed by atoms with Crippen molar-refractivity contribution >= 4 is 18.0 Å². The van der Waals surface area contributed by atoms with Crippen LogP contribution in [0.5, 0.6) is 23.0 Å². The lowest BCUT2D eigenvalue weighted by atomic mass is 10.2. The lowest BCUT2D eigenvalue weighted by Crippen LogP contribution is -2.20. The van der Waals surface area contributed by atoms with E-state index in [-0.39, 0.29) is 6.61 Å². The topological polar surface area (TPSA) is 121 Å². The fraction of sp³-hybridized carbons (Fsp3) is 0.211. The van der Waals surface area contributed by atoms with Crippen LogP contribution < -0.4 is 30.1 Å². The van der Waals surface area contributed by atoms with Gasteiger partial charge in [0.2, 0.25) is 0 Å². The highest BCUT2D eigenvalue weighted by atomic mass is 16.5. The SMILES string of the molecule is COc1cc(OC)cc(C(=O)N/N=C/c2ccc(OCC(N)=O)c(OC)c2)c1. The molecule has 0 saturated heterocycles. The number of primary amides is 1. The first kappa shape index (κ1) is 20.6. The third-order valence-corrected chi connectivity index (χ3v) is 3.55. The van der Waals surface area contributed by atoms with Crippen molar-refractivity contribution in [3.05, 3.63) is 47.5 Å². The lowest BCUT2D eigenvalue weighted by Gasteiger charge is -2.10. The van der Waals surface area contributed by atoms with Crippen molar-refractivity contribution in [3.63, 3.8) is 0 Å². The van der Waals surface area contributed by atoms with E-state index in [1.165, 1.54) is 27.5 Å². The molecule has 0 aliphatic carbocycles. The van der Waals surface area contributed by atoms with Gasteiger partial charge in [0.1, 0.15) is 11.5 Å². The molecule has 3 N–H and O–H groups in total. The molecule has 0 bridgehead atoms. The molecule has 0 fully saturated rings. The number of carbonyl (C=O) groups is 2. The molecule has 2 aromatic rings. The molecule has 0 spiro atoms. The summed E-state index contributed by atoms with van der Waals surface area (Å²) >= 11 is 0. The number of carbonyl (C=O) groups excluding carboxylic acids is 2. The average Bonchev–Trinajstić information content (AvgIpc) is 2.71.